The van der Waals surface area contributed by atoms with Gasteiger partial charge in [0.15, 0.2) is 9.84 Å². The summed E-state index contributed by atoms with van der Waals surface area (Å²) in [6.45, 7) is 7.10. The summed E-state index contributed by atoms with van der Waals surface area (Å²) >= 11 is 3.48. The first kappa shape index (κ1) is 18.5. The molecule has 120 valence electrons. The van der Waals surface area contributed by atoms with Crippen LogP contribution in [0.1, 0.15) is 38.8 Å². The molecule has 6 heteroatoms. The van der Waals surface area contributed by atoms with Crippen molar-refractivity contribution in [2.24, 2.45) is 0 Å². The number of rotatable bonds is 8. The Labute approximate surface area is 136 Å². The van der Waals surface area contributed by atoms with Crippen molar-refractivity contribution >= 4 is 25.8 Å². The van der Waals surface area contributed by atoms with E-state index in [1.807, 2.05) is 25.1 Å². The first-order chi connectivity index (χ1) is 9.81. The lowest BCUT2D eigenvalue weighted by atomic mass is 10.0. The maximum absolute atomic E-state index is 11.9. The molecule has 0 spiro atoms. The smallest absolute Gasteiger partial charge is 0.151 e. The Morgan fingerprint density at radius 2 is 2.00 bits per heavy atom. The third-order valence-corrected chi connectivity index (χ3v) is 5.62. The van der Waals surface area contributed by atoms with Crippen LogP contribution < -0.4 is 10.1 Å². The quantitative estimate of drug-likeness (QED) is 0.754. The normalized spacial score (nSPS) is 14.7. The molecular formula is C15H24BrNO3S. The van der Waals surface area contributed by atoms with E-state index in [1.54, 1.807) is 6.92 Å². The Morgan fingerprint density at radius 1 is 1.33 bits per heavy atom. The third-order valence-electron chi connectivity index (χ3n) is 3.37. The minimum absolute atomic E-state index is 0.230. The first-order valence-electron chi connectivity index (χ1n) is 7.15. The molecule has 2 unspecified atom stereocenters. The fourth-order valence-electron chi connectivity index (χ4n) is 2.08. The van der Waals surface area contributed by atoms with E-state index in [9.17, 15) is 8.42 Å². The molecule has 1 rings (SSSR count). The van der Waals surface area contributed by atoms with Gasteiger partial charge in [0.2, 0.25) is 0 Å². The SMILES string of the molecule is CCCNC(c1ccc(OCC)c(Br)c1)C(C)S(C)(=O)=O. The number of hydrogen-bond acceptors (Lipinski definition) is 4. The molecule has 0 amide bonds. The van der Waals surface area contributed by atoms with Gasteiger partial charge in [-0.05, 0) is 60.4 Å². The van der Waals surface area contributed by atoms with Gasteiger partial charge >= 0.3 is 0 Å². The highest BCUT2D eigenvalue weighted by Crippen LogP contribution is 2.30. The Bertz CT molecular complexity index is 560. The summed E-state index contributed by atoms with van der Waals surface area (Å²) < 4.78 is 30.1. The molecule has 0 bridgehead atoms. The van der Waals surface area contributed by atoms with Crippen molar-refractivity contribution in [2.75, 3.05) is 19.4 Å². The van der Waals surface area contributed by atoms with Gasteiger partial charge in [0.25, 0.3) is 0 Å². The molecule has 4 nitrogen and oxygen atoms in total. The van der Waals surface area contributed by atoms with Crippen molar-refractivity contribution in [3.8, 4) is 5.75 Å². The van der Waals surface area contributed by atoms with E-state index >= 15 is 0 Å². The highest BCUT2D eigenvalue weighted by molar-refractivity contribution is 9.10. The molecule has 1 aromatic carbocycles. The standard InChI is InChI=1S/C15H24BrNO3S/c1-5-9-17-15(11(3)21(4,18)19)12-7-8-14(20-6-2)13(16)10-12/h7-8,10-11,15,17H,5-6,9H2,1-4H3. The summed E-state index contributed by atoms with van der Waals surface area (Å²) in [5.74, 6) is 0.766. The lowest BCUT2D eigenvalue weighted by Gasteiger charge is -2.25. The average molecular weight is 378 g/mol. The molecule has 0 aromatic heterocycles. The van der Waals surface area contributed by atoms with E-state index in [2.05, 4.69) is 28.2 Å². The van der Waals surface area contributed by atoms with Gasteiger partial charge in [-0.15, -0.1) is 0 Å². The summed E-state index contributed by atoms with van der Waals surface area (Å²) in [6, 6.07) is 5.50. The predicted molar refractivity (Wildman–Crippen MR) is 90.7 cm³/mol. The Hall–Kier alpha value is -0.590. The molecule has 1 N–H and O–H groups in total. The van der Waals surface area contributed by atoms with Crippen LogP contribution in [0.15, 0.2) is 22.7 Å². The number of benzene rings is 1. The van der Waals surface area contributed by atoms with Gasteiger partial charge in [-0.2, -0.15) is 0 Å². The van der Waals surface area contributed by atoms with Crippen molar-refractivity contribution in [1.82, 2.24) is 5.32 Å². The lowest BCUT2D eigenvalue weighted by Crippen LogP contribution is -2.35. The Kier molecular flexibility index (Phi) is 7.16. The van der Waals surface area contributed by atoms with E-state index in [1.165, 1.54) is 6.26 Å². The minimum atomic E-state index is -3.12. The topological polar surface area (TPSA) is 55.4 Å². The zero-order chi connectivity index (χ0) is 16.0. The summed E-state index contributed by atoms with van der Waals surface area (Å²) in [6.07, 6.45) is 2.23. The number of ether oxygens (including phenoxy) is 1. The van der Waals surface area contributed by atoms with Crippen LogP contribution >= 0.6 is 15.9 Å². The second kappa shape index (κ2) is 8.15. The van der Waals surface area contributed by atoms with Crippen molar-refractivity contribution < 1.29 is 13.2 Å². The van der Waals surface area contributed by atoms with E-state index < -0.39 is 15.1 Å². The lowest BCUT2D eigenvalue weighted by molar-refractivity contribution is 0.338. The monoisotopic (exact) mass is 377 g/mol. The fraction of sp³-hybridized carbons (Fsp3) is 0.600. The zero-order valence-corrected chi connectivity index (χ0v) is 15.4. The highest BCUT2D eigenvalue weighted by atomic mass is 79.9. The molecule has 0 radical (unpaired) electrons. The molecular weight excluding hydrogens is 354 g/mol. The van der Waals surface area contributed by atoms with Gasteiger partial charge in [0.05, 0.1) is 16.3 Å². The molecule has 0 fully saturated rings. The highest BCUT2D eigenvalue weighted by Gasteiger charge is 2.27. The second-order valence-corrected chi connectivity index (χ2v) is 8.35. The molecule has 0 aliphatic rings. The third kappa shape index (κ3) is 5.27. The molecule has 0 saturated carbocycles. The van der Waals surface area contributed by atoms with Crippen LogP contribution in [0.25, 0.3) is 0 Å². The number of hydrogen-bond donors (Lipinski definition) is 1. The molecule has 1 aromatic rings. The summed E-state index contributed by atoms with van der Waals surface area (Å²) in [5, 5.41) is 2.84. The molecule has 0 saturated heterocycles. The average Bonchev–Trinajstić information content (AvgIpc) is 2.41. The number of sulfone groups is 1. The largest absolute Gasteiger partial charge is 0.493 e. The van der Waals surface area contributed by atoms with Crippen LogP contribution in [0.2, 0.25) is 0 Å². The van der Waals surface area contributed by atoms with Gasteiger partial charge < -0.3 is 10.1 Å². The van der Waals surface area contributed by atoms with Crippen LogP contribution in [0.4, 0.5) is 0 Å². The molecule has 0 heterocycles. The fourth-order valence-corrected chi connectivity index (χ4v) is 3.34. The molecule has 0 aliphatic carbocycles. The summed E-state index contributed by atoms with van der Waals surface area (Å²) in [4.78, 5) is 0. The number of nitrogens with one attached hydrogen (secondary N) is 1. The molecule has 2 atom stereocenters. The van der Waals surface area contributed by atoms with E-state index in [4.69, 9.17) is 4.74 Å². The summed E-state index contributed by atoms with van der Waals surface area (Å²) in [7, 11) is -3.12. The van der Waals surface area contributed by atoms with Crippen LogP contribution in [-0.2, 0) is 9.84 Å². The van der Waals surface area contributed by atoms with Crippen LogP contribution in [0.3, 0.4) is 0 Å². The predicted octanol–water partition coefficient (Wildman–Crippen LogP) is 3.32. The second-order valence-electron chi connectivity index (χ2n) is 5.09. The van der Waals surface area contributed by atoms with Gasteiger partial charge in [-0.25, -0.2) is 8.42 Å². The van der Waals surface area contributed by atoms with Crippen molar-refractivity contribution in [2.45, 2.75) is 38.5 Å². The first-order valence-corrected chi connectivity index (χ1v) is 9.90. The van der Waals surface area contributed by atoms with E-state index in [0.717, 1.165) is 28.8 Å². The van der Waals surface area contributed by atoms with Crippen LogP contribution in [0.5, 0.6) is 5.75 Å². The van der Waals surface area contributed by atoms with Crippen molar-refractivity contribution in [1.29, 1.82) is 0 Å². The van der Waals surface area contributed by atoms with Gasteiger partial charge in [-0.1, -0.05) is 13.0 Å². The maximum atomic E-state index is 11.9. The Morgan fingerprint density at radius 3 is 2.48 bits per heavy atom. The van der Waals surface area contributed by atoms with Crippen molar-refractivity contribution in [3.05, 3.63) is 28.2 Å². The van der Waals surface area contributed by atoms with E-state index in [0.29, 0.717) is 6.61 Å². The molecule has 21 heavy (non-hydrogen) atoms. The summed E-state index contributed by atoms with van der Waals surface area (Å²) in [5.41, 5.74) is 0.941. The molecule has 0 aliphatic heterocycles. The van der Waals surface area contributed by atoms with Gasteiger partial charge in [-0.3, -0.25) is 0 Å². The Balaban J connectivity index is 3.11. The zero-order valence-electron chi connectivity index (χ0n) is 13.0. The van der Waals surface area contributed by atoms with Crippen LogP contribution in [-0.4, -0.2) is 33.1 Å². The van der Waals surface area contributed by atoms with E-state index in [-0.39, 0.29) is 6.04 Å². The van der Waals surface area contributed by atoms with Crippen molar-refractivity contribution in [3.63, 3.8) is 0 Å². The van der Waals surface area contributed by atoms with Crippen LogP contribution in [0, 0.1) is 0 Å². The number of halogens is 1. The maximum Gasteiger partial charge on any atom is 0.151 e. The van der Waals surface area contributed by atoms with Gasteiger partial charge in [0, 0.05) is 12.3 Å². The minimum Gasteiger partial charge on any atom is -0.493 e. The van der Waals surface area contributed by atoms with Gasteiger partial charge in [0.1, 0.15) is 5.75 Å².